The molecule has 1 heterocycles. The van der Waals surface area contributed by atoms with Crippen LogP contribution < -0.4 is 5.43 Å². The molecule has 0 aromatic carbocycles. The highest BCUT2D eigenvalue weighted by atomic mass is 15.4. The molecule has 0 radical (unpaired) electrons. The quantitative estimate of drug-likeness (QED) is 0.766. The number of nitriles is 1. The van der Waals surface area contributed by atoms with Crippen LogP contribution in [-0.2, 0) is 0 Å². The Morgan fingerprint density at radius 2 is 2.00 bits per heavy atom. The molecule has 0 saturated heterocycles. The van der Waals surface area contributed by atoms with Gasteiger partial charge in [0, 0.05) is 11.4 Å². The van der Waals surface area contributed by atoms with E-state index in [1.165, 1.54) is 11.4 Å². The third-order valence-corrected chi connectivity index (χ3v) is 2.02. The Labute approximate surface area is 79.0 Å². The van der Waals surface area contributed by atoms with Gasteiger partial charge in [0.05, 0.1) is 18.5 Å². The molecule has 0 aliphatic heterocycles. The van der Waals surface area contributed by atoms with Gasteiger partial charge in [-0.05, 0) is 32.9 Å². The Morgan fingerprint density at radius 3 is 2.46 bits per heavy atom. The van der Waals surface area contributed by atoms with Gasteiger partial charge in [0.25, 0.3) is 0 Å². The maximum absolute atomic E-state index is 8.50. The monoisotopic (exact) mass is 177 g/mol. The highest BCUT2D eigenvalue weighted by Crippen LogP contribution is 2.05. The van der Waals surface area contributed by atoms with E-state index in [0.717, 1.165) is 0 Å². The zero-order chi connectivity index (χ0) is 9.84. The average Bonchev–Trinajstić information content (AvgIpc) is 2.36. The van der Waals surface area contributed by atoms with E-state index in [2.05, 4.69) is 23.6 Å². The van der Waals surface area contributed by atoms with Crippen LogP contribution in [0.5, 0.6) is 0 Å². The van der Waals surface area contributed by atoms with Crippen molar-refractivity contribution in [3.05, 3.63) is 23.5 Å². The van der Waals surface area contributed by atoms with Crippen LogP contribution in [-0.4, -0.2) is 10.7 Å². The van der Waals surface area contributed by atoms with E-state index in [4.69, 9.17) is 5.26 Å². The lowest BCUT2D eigenvalue weighted by atomic mass is 10.3. The van der Waals surface area contributed by atoms with Crippen LogP contribution in [0.4, 0.5) is 0 Å². The van der Waals surface area contributed by atoms with Crippen LogP contribution in [0.25, 0.3) is 0 Å². The van der Waals surface area contributed by atoms with E-state index >= 15 is 0 Å². The lowest BCUT2D eigenvalue weighted by Gasteiger charge is -2.16. The lowest BCUT2D eigenvalue weighted by molar-refractivity contribution is 0.676. The van der Waals surface area contributed by atoms with Crippen molar-refractivity contribution in [2.75, 3.05) is 5.43 Å². The smallest absolute Gasteiger partial charge is 0.0643 e. The van der Waals surface area contributed by atoms with Crippen molar-refractivity contribution in [3.63, 3.8) is 0 Å². The van der Waals surface area contributed by atoms with Gasteiger partial charge in [0.2, 0.25) is 0 Å². The molecule has 13 heavy (non-hydrogen) atoms. The van der Waals surface area contributed by atoms with Crippen molar-refractivity contribution >= 4 is 0 Å². The van der Waals surface area contributed by atoms with Crippen molar-refractivity contribution < 1.29 is 0 Å². The summed E-state index contributed by atoms with van der Waals surface area (Å²) in [6.07, 6.45) is 0.525. The zero-order valence-electron chi connectivity index (χ0n) is 8.33. The van der Waals surface area contributed by atoms with Crippen LogP contribution in [0.3, 0.4) is 0 Å². The van der Waals surface area contributed by atoms with E-state index in [9.17, 15) is 0 Å². The second-order valence-corrected chi connectivity index (χ2v) is 3.34. The standard InChI is InChI=1S/C10H15N3/c1-8(6-7-11)12-13-9(2)4-5-10(13)3/h4-5,8,12H,6H2,1-3H3. The number of rotatable bonds is 3. The number of nitrogens with one attached hydrogen (secondary N) is 1. The fraction of sp³-hybridized carbons (Fsp3) is 0.500. The molecule has 1 unspecified atom stereocenters. The summed E-state index contributed by atoms with van der Waals surface area (Å²) in [5.74, 6) is 0. The van der Waals surface area contributed by atoms with Gasteiger partial charge in [0.1, 0.15) is 0 Å². The van der Waals surface area contributed by atoms with Crippen molar-refractivity contribution in [3.8, 4) is 6.07 Å². The molecule has 3 nitrogen and oxygen atoms in total. The van der Waals surface area contributed by atoms with Crippen molar-refractivity contribution in [1.29, 1.82) is 5.26 Å². The second-order valence-electron chi connectivity index (χ2n) is 3.34. The average molecular weight is 177 g/mol. The third-order valence-electron chi connectivity index (χ3n) is 2.02. The topological polar surface area (TPSA) is 40.8 Å². The third kappa shape index (κ3) is 2.25. The summed E-state index contributed by atoms with van der Waals surface area (Å²) in [5, 5.41) is 8.50. The largest absolute Gasteiger partial charge is 0.322 e. The summed E-state index contributed by atoms with van der Waals surface area (Å²) in [5.41, 5.74) is 5.59. The first-order chi connectivity index (χ1) is 6.15. The normalized spacial score (nSPS) is 12.2. The maximum atomic E-state index is 8.50. The fourth-order valence-electron chi connectivity index (χ4n) is 1.28. The van der Waals surface area contributed by atoms with Crippen LogP contribution in [0.15, 0.2) is 12.1 Å². The first-order valence-electron chi connectivity index (χ1n) is 4.43. The van der Waals surface area contributed by atoms with Crippen LogP contribution in [0.2, 0.25) is 0 Å². The minimum absolute atomic E-state index is 0.190. The molecule has 0 amide bonds. The summed E-state index contributed by atoms with van der Waals surface area (Å²) in [6, 6.07) is 6.45. The molecule has 1 N–H and O–H groups in total. The molecule has 0 saturated carbocycles. The van der Waals surface area contributed by atoms with Gasteiger partial charge in [-0.15, -0.1) is 0 Å². The minimum atomic E-state index is 0.190. The highest BCUT2D eigenvalue weighted by molar-refractivity contribution is 5.15. The van der Waals surface area contributed by atoms with Crippen molar-refractivity contribution in [2.45, 2.75) is 33.2 Å². The van der Waals surface area contributed by atoms with Crippen molar-refractivity contribution in [2.24, 2.45) is 0 Å². The fourth-order valence-corrected chi connectivity index (χ4v) is 1.28. The molecule has 0 aliphatic rings. The Morgan fingerprint density at radius 1 is 1.46 bits per heavy atom. The van der Waals surface area contributed by atoms with E-state index in [1.54, 1.807) is 0 Å². The number of aryl methyl sites for hydroxylation is 2. The molecule has 0 fully saturated rings. The van der Waals surface area contributed by atoms with Gasteiger partial charge < -0.3 is 5.43 Å². The summed E-state index contributed by atoms with van der Waals surface area (Å²) >= 11 is 0. The van der Waals surface area contributed by atoms with E-state index in [1.807, 2.05) is 25.4 Å². The molecule has 0 aliphatic carbocycles. The summed E-state index contributed by atoms with van der Waals surface area (Å²) in [4.78, 5) is 0. The molecule has 0 spiro atoms. The number of hydrogen-bond acceptors (Lipinski definition) is 2. The van der Waals surface area contributed by atoms with Gasteiger partial charge in [-0.2, -0.15) is 5.26 Å². The molecule has 1 atom stereocenters. The first kappa shape index (κ1) is 9.66. The molecule has 70 valence electrons. The molecule has 0 bridgehead atoms. The molecule has 3 heteroatoms. The molecular weight excluding hydrogens is 162 g/mol. The van der Waals surface area contributed by atoms with E-state index < -0.39 is 0 Å². The predicted molar refractivity (Wildman–Crippen MR) is 53.0 cm³/mol. The Kier molecular flexibility index (Phi) is 2.97. The number of hydrogen-bond donors (Lipinski definition) is 1. The van der Waals surface area contributed by atoms with Gasteiger partial charge in [-0.1, -0.05) is 0 Å². The molecule has 1 rings (SSSR count). The Hall–Kier alpha value is -1.43. The van der Waals surface area contributed by atoms with Gasteiger partial charge in [0.15, 0.2) is 0 Å². The SMILES string of the molecule is Cc1ccc(C)n1NC(C)CC#N. The molecule has 1 aromatic rings. The van der Waals surface area contributed by atoms with Gasteiger partial charge in [-0.25, -0.2) is 0 Å². The first-order valence-corrected chi connectivity index (χ1v) is 4.43. The Balaban J connectivity index is 2.69. The lowest BCUT2D eigenvalue weighted by Crippen LogP contribution is -2.26. The molecule has 1 aromatic heterocycles. The van der Waals surface area contributed by atoms with Crippen molar-refractivity contribution in [1.82, 2.24) is 4.68 Å². The predicted octanol–water partition coefficient (Wildman–Crippen LogP) is 1.95. The van der Waals surface area contributed by atoms with Crippen LogP contribution >= 0.6 is 0 Å². The van der Waals surface area contributed by atoms with Gasteiger partial charge in [-0.3, -0.25) is 4.68 Å². The number of aromatic nitrogens is 1. The van der Waals surface area contributed by atoms with Crippen LogP contribution in [0.1, 0.15) is 24.7 Å². The summed E-state index contributed by atoms with van der Waals surface area (Å²) in [7, 11) is 0. The van der Waals surface area contributed by atoms with Gasteiger partial charge >= 0.3 is 0 Å². The Bertz CT molecular complexity index is 300. The highest BCUT2D eigenvalue weighted by Gasteiger charge is 2.04. The summed E-state index contributed by atoms with van der Waals surface area (Å²) < 4.78 is 2.02. The summed E-state index contributed by atoms with van der Waals surface area (Å²) in [6.45, 7) is 6.08. The zero-order valence-corrected chi connectivity index (χ0v) is 8.33. The molecular formula is C10H15N3. The van der Waals surface area contributed by atoms with E-state index in [-0.39, 0.29) is 6.04 Å². The minimum Gasteiger partial charge on any atom is -0.322 e. The maximum Gasteiger partial charge on any atom is 0.0643 e. The number of nitrogens with zero attached hydrogens (tertiary/aromatic N) is 2. The second kappa shape index (κ2) is 3.99. The van der Waals surface area contributed by atoms with Crippen LogP contribution in [0, 0.1) is 25.2 Å². The van der Waals surface area contributed by atoms with E-state index in [0.29, 0.717) is 6.42 Å².